The Balaban J connectivity index is 2.04. The van der Waals surface area contributed by atoms with E-state index in [9.17, 15) is 0 Å². The van der Waals surface area contributed by atoms with Gasteiger partial charge in [-0.15, -0.1) is 0 Å². The molecule has 0 aliphatic heterocycles. The van der Waals surface area contributed by atoms with E-state index < -0.39 is 0 Å². The second-order valence-corrected chi connectivity index (χ2v) is 5.02. The number of nitrogens with one attached hydrogen (secondary N) is 1. The van der Waals surface area contributed by atoms with Gasteiger partial charge in [0.2, 0.25) is 0 Å². The van der Waals surface area contributed by atoms with Gasteiger partial charge in [-0.05, 0) is 42.7 Å². The van der Waals surface area contributed by atoms with Crippen LogP contribution >= 0.6 is 0 Å². The van der Waals surface area contributed by atoms with Gasteiger partial charge >= 0.3 is 0 Å². The van der Waals surface area contributed by atoms with Crippen molar-refractivity contribution in [1.82, 2.24) is 10.3 Å². The zero-order valence-electron chi connectivity index (χ0n) is 12.2. The molecule has 1 aromatic carbocycles. The van der Waals surface area contributed by atoms with Crippen LogP contribution in [0.1, 0.15) is 35.2 Å². The molecule has 2 aromatic rings. The summed E-state index contributed by atoms with van der Waals surface area (Å²) in [5, 5.41) is 15.2. The molecule has 1 aromatic heterocycles. The van der Waals surface area contributed by atoms with Gasteiger partial charge < -0.3 is 16.3 Å². The Hall–Kier alpha value is -2.40. The molecule has 0 saturated heterocycles. The third kappa shape index (κ3) is 3.79. The highest BCUT2D eigenvalue weighted by Gasteiger charge is 2.07. The Morgan fingerprint density at radius 1 is 1.43 bits per heavy atom. The van der Waals surface area contributed by atoms with E-state index in [1.165, 1.54) is 5.56 Å². The lowest BCUT2D eigenvalue weighted by molar-refractivity contribution is 0.318. The van der Waals surface area contributed by atoms with Crippen molar-refractivity contribution in [2.45, 2.75) is 26.4 Å². The summed E-state index contributed by atoms with van der Waals surface area (Å²) in [6.45, 7) is 4.87. The van der Waals surface area contributed by atoms with Gasteiger partial charge in [0.25, 0.3) is 0 Å². The average molecular weight is 284 g/mol. The smallest absolute Gasteiger partial charge is 0.170 e. The lowest BCUT2D eigenvalue weighted by atomic mass is 10.0. The predicted octanol–water partition coefficient (Wildman–Crippen LogP) is 2.34. The molecule has 0 saturated carbocycles. The fourth-order valence-electron chi connectivity index (χ4n) is 2.12. The second kappa shape index (κ2) is 6.85. The lowest BCUT2D eigenvalue weighted by Crippen LogP contribution is -2.19. The highest BCUT2D eigenvalue weighted by Crippen LogP contribution is 2.14. The summed E-state index contributed by atoms with van der Waals surface area (Å²) < 4.78 is 0. The summed E-state index contributed by atoms with van der Waals surface area (Å²) in [6.07, 6.45) is 3.64. The normalized spacial score (nSPS) is 13.1. The maximum atomic E-state index is 8.70. The maximum absolute atomic E-state index is 8.70. The van der Waals surface area contributed by atoms with Crippen molar-refractivity contribution in [3.63, 3.8) is 0 Å². The molecule has 0 aliphatic rings. The van der Waals surface area contributed by atoms with E-state index in [1.54, 1.807) is 6.20 Å². The molecule has 1 heterocycles. The number of aryl methyl sites for hydroxylation is 1. The van der Waals surface area contributed by atoms with Crippen LogP contribution in [0.15, 0.2) is 47.9 Å². The van der Waals surface area contributed by atoms with E-state index in [1.807, 2.05) is 37.4 Å². The first-order valence-electron chi connectivity index (χ1n) is 6.82. The van der Waals surface area contributed by atoms with E-state index in [-0.39, 0.29) is 11.9 Å². The third-order valence-corrected chi connectivity index (χ3v) is 3.53. The summed E-state index contributed by atoms with van der Waals surface area (Å²) in [5.74, 6) is 0.126. The van der Waals surface area contributed by atoms with Gasteiger partial charge in [0, 0.05) is 30.5 Å². The molecule has 0 amide bonds. The molecule has 0 aliphatic carbocycles. The zero-order valence-corrected chi connectivity index (χ0v) is 12.2. The Bertz CT molecular complexity index is 625. The van der Waals surface area contributed by atoms with Gasteiger partial charge in [-0.1, -0.05) is 23.4 Å². The summed E-state index contributed by atoms with van der Waals surface area (Å²) in [5.41, 5.74) is 9.75. The van der Waals surface area contributed by atoms with E-state index in [0.717, 1.165) is 23.2 Å². The maximum Gasteiger partial charge on any atom is 0.170 e. The third-order valence-electron chi connectivity index (χ3n) is 3.53. The van der Waals surface area contributed by atoms with Crippen LogP contribution in [0.25, 0.3) is 0 Å². The molecule has 0 bridgehead atoms. The Kier molecular flexibility index (Phi) is 4.90. The molecule has 0 radical (unpaired) electrons. The van der Waals surface area contributed by atoms with E-state index in [2.05, 4.69) is 28.4 Å². The van der Waals surface area contributed by atoms with Crippen molar-refractivity contribution in [2.75, 3.05) is 0 Å². The molecule has 4 N–H and O–H groups in total. The van der Waals surface area contributed by atoms with Gasteiger partial charge in [-0.3, -0.25) is 4.98 Å². The number of aromatic nitrogens is 1. The number of hydrogen-bond acceptors (Lipinski definition) is 4. The molecular weight excluding hydrogens is 264 g/mol. The summed E-state index contributed by atoms with van der Waals surface area (Å²) >= 11 is 0. The Labute approximate surface area is 124 Å². The number of benzene rings is 1. The fourth-order valence-corrected chi connectivity index (χ4v) is 2.12. The minimum atomic E-state index is 0.126. The average Bonchev–Trinajstić information content (AvgIpc) is 2.53. The minimum absolute atomic E-state index is 0.126. The van der Waals surface area contributed by atoms with Crippen molar-refractivity contribution in [3.05, 3.63) is 65.0 Å². The van der Waals surface area contributed by atoms with Crippen LogP contribution in [-0.2, 0) is 6.54 Å². The quantitative estimate of drug-likeness (QED) is 0.340. The highest BCUT2D eigenvalue weighted by atomic mass is 16.4. The van der Waals surface area contributed by atoms with Crippen molar-refractivity contribution < 1.29 is 5.21 Å². The first kappa shape index (κ1) is 15.0. The number of hydrogen-bond donors (Lipinski definition) is 3. The van der Waals surface area contributed by atoms with Crippen molar-refractivity contribution in [3.8, 4) is 0 Å². The largest absolute Gasteiger partial charge is 0.409 e. The summed E-state index contributed by atoms with van der Waals surface area (Å²) in [6, 6.07) is 9.98. The predicted molar refractivity (Wildman–Crippen MR) is 83.2 cm³/mol. The van der Waals surface area contributed by atoms with Crippen LogP contribution in [0, 0.1) is 6.92 Å². The zero-order chi connectivity index (χ0) is 15.2. The molecule has 2 rings (SSSR count). The fraction of sp³-hybridized carbons (Fsp3) is 0.250. The van der Waals surface area contributed by atoms with Crippen LogP contribution in [0.3, 0.4) is 0 Å². The van der Waals surface area contributed by atoms with Crippen LogP contribution in [-0.4, -0.2) is 16.0 Å². The van der Waals surface area contributed by atoms with E-state index >= 15 is 0 Å². The number of nitrogens with two attached hydrogens (primary N) is 1. The number of pyridine rings is 1. The van der Waals surface area contributed by atoms with Crippen LogP contribution in [0.5, 0.6) is 0 Å². The molecular formula is C16H20N4O. The van der Waals surface area contributed by atoms with Gasteiger partial charge in [0.15, 0.2) is 5.84 Å². The number of nitrogens with zero attached hydrogens (tertiary/aromatic N) is 2. The topological polar surface area (TPSA) is 83.5 Å². The number of oxime groups is 1. The minimum Gasteiger partial charge on any atom is -0.409 e. The number of rotatable bonds is 5. The molecule has 110 valence electrons. The van der Waals surface area contributed by atoms with Gasteiger partial charge in [-0.2, -0.15) is 0 Å². The molecule has 21 heavy (non-hydrogen) atoms. The summed E-state index contributed by atoms with van der Waals surface area (Å²) in [4.78, 5) is 4.13. The van der Waals surface area contributed by atoms with Crippen LogP contribution in [0.2, 0.25) is 0 Å². The summed E-state index contributed by atoms with van der Waals surface area (Å²) in [7, 11) is 0. The van der Waals surface area contributed by atoms with Crippen LogP contribution in [0.4, 0.5) is 0 Å². The SMILES string of the molecule is Cc1cc(/C(N)=N/O)ccc1CNC(C)c1cccnc1. The van der Waals surface area contributed by atoms with Crippen LogP contribution < -0.4 is 11.1 Å². The van der Waals surface area contributed by atoms with Gasteiger partial charge in [-0.25, -0.2) is 0 Å². The Morgan fingerprint density at radius 3 is 2.86 bits per heavy atom. The van der Waals surface area contributed by atoms with E-state index in [0.29, 0.717) is 0 Å². The lowest BCUT2D eigenvalue weighted by Gasteiger charge is -2.15. The van der Waals surface area contributed by atoms with Crippen molar-refractivity contribution in [2.24, 2.45) is 10.9 Å². The van der Waals surface area contributed by atoms with Crippen molar-refractivity contribution >= 4 is 5.84 Å². The van der Waals surface area contributed by atoms with Gasteiger partial charge in [0.05, 0.1) is 0 Å². The molecule has 5 nitrogen and oxygen atoms in total. The molecule has 1 unspecified atom stereocenters. The molecule has 0 spiro atoms. The second-order valence-electron chi connectivity index (χ2n) is 5.02. The standard InChI is InChI=1S/C16H20N4O/c1-11-8-13(16(17)20-21)5-6-14(11)10-19-12(2)15-4-3-7-18-9-15/h3-9,12,19,21H,10H2,1-2H3,(H2,17,20). The van der Waals surface area contributed by atoms with E-state index in [4.69, 9.17) is 10.9 Å². The first-order valence-corrected chi connectivity index (χ1v) is 6.82. The molecule has 5 heteroatoms. The molecule has 0 fully saturated rings. The van der Waals surface area contributed by atoms with Crippen molar-refractivity contribution in [1.29, 1.82) is 0 Å². The molecule has 1 atom stereocenters. The monoisotopic (exact) mass is 284 g/mol. The first-order chi connectivity index (χ1) is 10.1. The highest BCUT2D eigenvalue weighted by molar-refractivity contribution is 5.97. The Morgan fingerprint density at radius 2 is 2.24 bits per heavy atom. The van der Waals surface area contributed by atoms with Gasteiger partial charge in [0.1, 0.15) is 0 Å². The number of amidine groups is 1.